The minimum Gasteiger partial charge on any atom is -0.490 e. The van der Waals surface area contributed by atoms with Crippen LogP contribution in [0, 0.1) is 0 Å². The second-order valence-corrected chi connectivity index (χ2v) is 5.58. The van der Waals surface area contributed by atoms with E-state index in [2.05, 4.69) is 23.3 Å². The van der Waals surface area contributed by atoms with Crippen LogP contribution < -0.4 is 14.8 Å². The maximum atomic E-state index is 5.82. The molecule has 1 aromatic heterocycles. The number of hydrogen-bond donors (Lipinski definition) is 1. The largest absolute Gasteiger partial charge is 0.490 e. The minimum atomic E-state index is 0.477. The molecule has 0 spiro atoms. The zero-order valence-corrected chi connectivity index (χ0v) is 13.4. The quantitative estimate of drug-likeness (QED) is 0.719. The average Bonchev–Trinajstić information content (AvgIpc) is 3.00. The smallest absolute Gasteiger partial charge is 0.161 e. The Kier molecular flexibility index (Phi) is 6.50. The number of nitrogens with one attached hydrogen (secondary N) is 1. The molecule has 1 N–H and O–H groups in total. The fraction of sp³-hybridized carbons (Fsp3) is 0.438. The molecule has 0 fully saturated rings. The highest BCUT2D eigenvalue weighted by atomic mass is 32.1. The SMILES string of the molecule is CCCNCc1ccc(OCc2nccs2)c(OCC)c1. The molecule has 1 aromatic carbocycles. The molecular weight excluding hydrogens is 284 g/mol. The van der Waals surface area contributed by atoms with Crippen LogP contribution in [0.3, 0.4) is 0 Å². The topological polar surface area (TPSA) is 43.4 Å². The van der Waals surface area contributed by atoms with E-state index in [9.17, 15) is 0 Å². The molecule has 2 rings (SSSR count). The second-order valence-electron chi connectivity index (χ2n) is 4.61. The Hall–Kier alpha value is -1.59. The lowest BCUT2D eigenvalue weighted by atomic mass is 10.2. The molecule has 1 heterocycles. The normalized spacial score (nSPS) is 10.6. The van der Waals surface area contributed by atoms with Crippen molar-refractivity contribution in [1.82, 2.24) is 10.3 Å². The van der Waals surface area contributed by atoms with Gasteiger partial charge in [-0.05, 0) is 37.6 Å². The van der Waals surface area contributed by atoms with Crippen LogP contribution in [-0.4, -0.2) is 18.1 Å². The fourth-order valence-electron chi connectivity index (χ4n) is 1.92. The van der Waals surface area contributed by atoms with E-state index in [1.807, 2.05) is 24.4 Å². The van der Waals surface area contributed by atoms with Crippen LogP contribution in [0.5, 0.6) is 11.5 Å². The van der Waals surface area contributed by atoms with Crippen molar-refractivity contribution in [2.45, 2.75) is 33.4 Å². The van der Waals surface area contributed by atoms with Crippen LogP contribution in [-0.2, 0) is 13.2 Å². The summed E-state index contributed by atoms with van der Waals surface area (Å²) in [5, 5.41) is 6.30. The number of ether oxygens (including phenoxy) is 2. The van der Waals surface area contributed by atoms with Gasteiger partial charge in [0, 0.05) is 18.1 Å². The van der Waals surface area contributed by atoms with Crippen molar-refractivity contribution in [3.05, 3.63) is 40.3 Å². The maximum Gasteiger partial charge on any atom is 0.161 e. The molecular formula is C16H22N2O2S. The molecule has 2 aromatic rings. The summed E-state index contributed by atoms with van der Waals surface area (Å²) in [6.45, 7) is 7.11. The Morgan fingerprint density at radius 1 is 1.19 bits per heavy atom. The Morgan fingerprint density at radius 3 is 2.81 bits per heavy atom. The van der Waals surface area contributed by atoms with Gasteiger partial charge < -0.3 is 14.8 Å². The van der Waals surface area contributed by atoms with E-state index in [0.717, 1.165) is 36.0 Å². The highest BCUT2D eigenvalue weighted by Gasteiger charge is 2.07. The molecule has 21 heavy (non-hydrogen) atoms. The van der Waals surface area contributed by atoms with Crippen molar-refractivity contribution in [2.24, 2.45) is 0 Å². The third kappa shape index (κ3) is 5.02. The number of rotatable bonds is 9. The molecule has 0 atom stereocenters. The van der Waals surface area contributed by atoms with Gasteiger partial charge in [0.2, 0.25) is 0 Å². The number of hydrogen-bond acceptors (Lipinski definition) is 5. The average molecular weight is 306 g/mol. The van der Waals surface area contributed by atoms with E-state index in [4.69, 9.17) is 9.47 Å². The Labute approximate surface area is 130 Å². The first kappa shape index (κ1) is 15.8. The monoisotopic (exact) mass is 306 g/mol. The van der Waals surface area contributed by atoms with Crippen molar-refractivity contribution in [3.8, 4) is 11.5 Å². The van der Waals surface area contributed by atoms with E-state index < -0.39 is 0 Å². The first-order chi connectivity index (χ1) is 10.3. The van der Waals surface area contributed by atoms with Gasteiger partial charge >= 0.3 is 0 Å². The third-order valence-electron chi connectivity index (χ3n) is 2.90. The molecule has 0 aliphatic carbocycles. The van der Waals surface area contributed by atoms with Gasteiger partial charge in [-0.2, -0.15) is 0 Å². The van der Waals surface area contributed by atoms with Crippen molar-refractivity contribution in [1.29, 1.82) is 0 Å². The van der Waals surface area contributed by atoms with Gasteiger partial charge in [0.1, 0.15) is 11.6 Å². The van der Waals surface area contributed by atoms with Crippen LogP contribution in [0.2, 0.25) is 0 Å². The van der Waals surface area contributed by atoms with Crippen LogP contribution in [0.15, 0.2) is 29.8 Å². The van der Waals surface area contributed by atoms with Crippen molar-refractivity contribution >= 4 is 11.3 Å². The first-order valence-electron chi connectivity index (χ1n) is 7.31. The molecule has 0 radical (unpaired) electrons. The lowest BCUT2D eigenvalue weighted by molar-refractivity contribution is 0.268. The summed E-state index contributed by atoms with van der Waals surface area (Å²) in [6.07, 6.45) is 2.92. The standard InChI is InChI=1S/C16H22N2O2S/c1-3-7-17-11-13-5-6-14(15(10-13)19-4-2)20-12-16-18-8-9-21-16/h5-6,8-10,17H,3-4,7,11-12H2,1-2H3. The number of nitrogens with zero attached hydrogens (tertiary/aromatic N) is 1. The number of aromatic nitrogens is 1. The third-order valence-corrected chi connectivity index (χ3v) is 3.65. The van der Waals surface area contributed by atoms with Gasteiger partial charge in [0.15, 0.2) is 11.5 Å². The van der Waals surface area contributed by atoms with Gasteiger partial charge in [-0.3, -0.25) is 0 Å². The van der Waals surface area contributed by atoms with E-state index in [1.165, 1.54) is 5.56 Å². The summed E-state index contributed by atoms with van der Waals surface area (Å²) < 4.78 is 11.5. The van der Waals surface area contributed by atoms with Crippen LogP contribution in [0.1, 0.15) is 30.8 Å². The molecule has 0 aliphatic heterocycles. The summed E-state index contributed by atoms with van der Waals surface area (Å²) in [4.78, 5) is 4.22. The molecule has 0 bridgehead atoms. The minimum absolute atomic E-state index is 0.477. The van der Waals surface area contributed by atoms with Crippen molar-refractivity contribution < 1.29 is 9.47 Å². The van der Waals surface area contributed by atoms with Gasteiger partial charge in [-0.25, -0.2) is 4.98 Å². The lowest BCUT2D eigenvalue weighted by Gasteiger charge is -2.13. The Morgan fingerprint density at radius 2 is 2.10 bits per heavy atom. The van der Waals surface area contributed by atoms with Crippen LogP contribution in [0.4, 0.5) is 0 Å². The number of thiazole rings is 1. The summed E-state index contributed by atoms with van der Waals surface area (Å²) in [7, 11) is 0. The van der Waals surface area contributed by atoms with Crippen LogP contribution >= 0.6 is 11.3 Å². The molecule has 0 saturated carbocycles. The van der Waals surface area contributed by atoms with Gasteiger partial charge in [-0.15, -0.1) is 11.3 Å². The van der Waals surface area contributed by atoms with Crippen molar-refractivity contribution in [2.75, 3.05) is 13.2 Å². The maximum absolute atomic E-state index is 5.82. The second kappa shape index (κ2) is 8.64. The first-order valence-corrected chi connectivity index (χ1v) is 8.19. The van der Waals surface area contributed by atoms with E-state index in [-0.39, 0.29) is 0 Å². The van der Waals surface area contributed by atoms with Gasteiger partial charge in [0.25, 0.3) is 0 Å². The van der Waals surface area contributed by atoms with E-state index >= 15 is 0 Å². The molecule has 0 saturated heterocycles. The van der Waals surface area contributed by atoms with Crippen molar-refractivity contribution in [3.63, 3.8) is 0 Å². The number of benzene rings is 1. The highest BCUT2D eigenvalue weighted by molar-refractivity contribution is 7.09. The van der Waals surface area contributed by atoms with Crippen LogP contribution in [0.25, 0.3) is 0 Å². The molecule has 0 amide bonds. The summed E-state index contributed by atoms with van der Waals surface area (Å²) in [5.74, 6) is 1.57. The highest BCUT2D eigenvalue weighted by Crippen LogP contribution is 2.29. The molecule has 0 aliphatic rings. The van der Waals surface area contributed by atoms with E-state index in [0.29, 0.717) is 13.2 Å². The zero-order chi connectivity index (χ0) is 14.9. The molecule has 114 valence electrons. The van der Waals surface area contributed by atoms with Gasteiger partial charge in [-0.1, -0.05) is 13.0 Å². The Bertz CT molecular complexity index is 529. The predicted molar refractivity (Wildman–Crippen MR) is 86.1 cm³/mol. The van der Waals surface area contributed by atoms with E-state index in [1.54, 1.807) is 17.5 Å². The summed E-state index contributed by atoms with van der Waals surface area (Å²) in [5.41, 5.74) is 1.20. The Balaban J connectivity index is 2.01. The lowest BCUT2D eigenvalue weighted by Crippen LogP contribution is -2.13. The molecule has 4 nitrogen and oxygen atoms in total. The molecule has 0 unspecified atom stereocenters. The van der Waals surface area contributed by atoms with Gasteiger partial charge in [0.05, 0.1) is 6.61 Å². The predicted octanol–water partition coefficient (Wildman–Crippen LogP) is 3.62. The summed E-state index contributed by atoms with van der Waals surface area (Å²) in [6, 6.07) is 6.09. The fourth-order valence-corrected chi connectivity index (χ4v) is 2.45. The summed E-state index contributed by atoms with van der Waals surface area (Å²) >= 11 is 1.59. The molecule has 5 heteroatoms. The zero-order valence-electron chi connectivity index (χ0n) is 12.6.